The van der Waals surface area contributed by atoms with Crippen LogP contribution >= 0.6 is 11.3 Å². The fourth-order valence-electron chi connectivity index (χ4n) is 3.60. The van der Waals surface area contributed by atoms with E-state index < -0.39 is 5.97 Å². The number of esters is 1. The summed E-state index contributed by atoms with van der Waals surface area (Å²) in [5.41, 5.74) is 1.24. The lowest BCUT2D eigenvalue weighted by atomic mass is 9.72. The molecule has 1 unspecified atom stereocenters. The Morgan fingerprint density at radius 1 is 1.37 bits per heavy atom. The van der Waals surface area contributed by atoms with Crippen molar-refractivity contribution in [2.24, 2.45) is 11.3 Å². The van der Waals surface area contributed by atoms with E-state index in [4.69, 9.17) is 9.47 Å². The van der Waals surface area contributed by atoms with E-state index in [0.717, 1.165) is 29.7 Å². The highest BCUT2D eigenvalue weighted by Crippen LogP contribution is 2.41. The van der Waals surface area contributed by atoms with Crippen molar-refractivity contribution >= 4 is 27.5 Å². The zero-order chi connectivity index (χ0) is 19.6. The van der Waals surface area contributed by atoms with Crippen molar-refractivity contribution in [3.05, 3.63) is 27.1 Å². The number of rotatable bonds is 6. The normalized spacial score (nSPS) is 17.1. The molecule has 0 amide bonds. The van der Waals surface area contributed by atoms with Crippen LogP contribution in [0.3, 0.4) is 0 Å². The van der Waals surface area contributed by atoms with Crippen molar-refractivity contribution in [3.63, 3.8) is 0 Å². The summed E-state index contributed by atoms with van der Waals surface area (Å²) in [5, 5.41) is 0.687. The first-order valence-electron chi connectivity index (χ1n) is 9.54. The largest absolute Gasteiger partial charge is 0.462 e. The molecule has 148 valence electrons. The molecule has 2 aromatic heterocycles. The Balaban J connectivity index is 1.80. The molecule has 0 spiro atoms. The molecule has 0 N–H and O–H groups in total. The molecule has 0 saturated carbocycles. The van der Waals surface area contributed by atoms with Gasteiger partial charge in [-0.3, -0.25) is 14.2 Å². The lowest BCUT2D eigenvalue weighted by Crippen LogP contribution is -2.28. The Bertz CT molecular complexity index is 878. The summed E-state index contributed by atoms with van der Waals surface area (Å²) >= 11 is 1.62. The number of hydrogen-bond donors (Lipinski definition) is 0. The summed E-state index contributed by atoms with van der Waals surface area (Å²) in [6, 6.07) is 0. The van der Waals surface area contributed by atoms with Crippen LogP contribution in [-0.4, -0.2) is 35.3 Å². The maximum atomic E-state index is 12.9. The van der Waals surface area contributed by atoms with Crippen molar-refractivity contribution in [1.29, 1.82) is 0 Å². The van der Waals surface area contributed by atoms with Gasteiger partial charge >= 0.3 is 5.97 Å². The SMILES string of the molecule is CCOCCOC(=O)Cn1cnc2sc3c(c2c1=O)CCC(C(C)(C)C)C3. The van der Waals surface area contributed by atoms with Crippen LogP contribution < -0.4 is 5.56 Å². The number of carbonyl (C=O) groups excluding carboxylic acids is 1. The monoisotopic (exact) mass is 392 g/mol. The van der Waals surface area contributed by atoms with Gasteiger partial charge in [0.2, 0.25) is 0 Å². The molecule has 0 saturated heterocycles. The summed E-state index contributed by atoms with van der Waals surface area (Å²) in [6.45, 7) is 9.73. The van der Waals surface area contributed by atoms with Gasteiger partial charge in [-0.05, 0) is 43.1 Å². The third kappa shape index (κ3) is 4.41. The Labute approximate surface area is 163 Å². The molecule has 2 heterocycles. The summed E-state index contributed by atoms with van der Waals surface area (Å²) in [4.78, 5) is 31.4. The second-order valence-corrected chi connectivity index (χ2v) is 9.17. The Morgan fingerprint density at radius 3 is 2.85 bits per heavy atom. The van der Waals surface area contributed by atoms with E-state index >= 15 is 0 Å². The lowest BCUT2D eigenvalue weighted by molar-refractivity contribution is -0.145. The Hall–Kier alpha value is -1.73. The zero-order valence-corrected chi connectivity index (χ0v) is 17.4. The number of ether oxygens (including phenoxy) is 2. The smallest absolute Gasteiger partial charge is 0.326 e. The number of hydrogen-bond acceptors (Lipinski definition) is 6. The van der Waals surface area contributed by atoms with Crippen molar-refractivity contribution in [2.45, 2.75) is 53.5 Å². The average molecular weight is 393 g/mol. The standard InChI is InChI=1S/C20H28N2O4S/c1-5-25-8-9-26-16(23)11-22-12-21-18-17(19(22)24)14-7-6-13(20(2,3)4)10-15(14)27-18/h12-13H,5-11H2,1-4H3. The fraction of sp³-hybridized carbons (Fsp3) is 0.650. The summed E-state index contributed by atoms with van der Waals surface area (Å²) in [7, 11) is 0. The molecule has 1 atom stereocenters. The highest BCUT2D eigenvalue weighted by Gasteiger charge is 2.31. The summed E-state index contributed by atoms with van der Waals surface area (Å²) in [5.74, 6) is 0.162. The van der Waals surface area contributed by atoms with Crippen molar-refractivity contribution < 1.29 is 14.3 Å². The summed E-state index contributed by atoms with van der Waals surface area (Å²) < 4.78 is 11.6. The third-order valence-electron chi connectivity index (χ3n) is 5.25. The van der Waals surface area contributed by atoms with Gasteiger partial charge in [-0.2, -0.15) is 0 Å². The molecule has 6 nitrogen and oxygen atoms in total. The van der Waals surface area contributed by atoms with Crippen LogP contribution in [-0.2, 0) is 33.7 Å². The average Bonchev–Trinajstić information content (AvgIpc) is 2.99. The number of nitrogens with zero attached hydrogens (tertiary/aromatic N) is 2. The quantitative estimate of drug-likeness (QED) is 0.558. The first-order valence-corrected chi connectivity index (χ1v) is 10.4. The number of carbonyl (C=O) groups is 1. The maximum absolute atomic E-state index is 12.9. The summed E-state index contributed by atoms with van der Waals surface area (Å²) in [6.07, 6.45) is 4.43. The predicted molar refractivity (Wildman–Crippen MR) is 106 cm³/mol. The lowest BCUT2D eigenvalue weighted by Gasteiger charge is -2.33. The molecule has 7 heteroatoms. The van der Waals surface area contributed by atoms with E-state index in [9.17, 15) is 9.59 Å². The number of aromatic nitrogens is 2. The number of thiophene rings is 1. The minimum atomic E-state index is -0.449. The predicted octanol–water partition coefficient (Wildman–Crippen LogP) is 3.19. The molecule has 0 fully saturated rings. The second-order valence-electron chi connectivity index (χ2n) is 8.08. The molecule has 27 heavy (non-hydrogen) atoms. The Kier molecular flexibility index (Phi) is 6.01. The minimum absolute atomic E-state index is 0.122. The van der Waals surface area contributed by atoms with E-state index in [-0.39, 0.29) is 24.1 Å². The van der Waals surface area contributed by atoms with Crippen LogP contribution in [0, 0.1) is 11.3 Å². The molecule has 0 bridgehead atoms. The topological polar surface area (TPSA) is 70.4 Å². The van der Waals surface area contributed by atoms with E-state index in [0.29, 0.717) is 24.5 Å². The zero-order valence-electron chi connectivity index (χ0n) is 16.5. The molecule has 1 aliphatic carbocycles. The van der Waals surface area contributed by atoms with Gasteiger partial charge in [-0.25, -0.2) is 4.98 Å². The van der Waals surface area contributed by atoms with Gasteiger partial charge in [0, 0.05) is 11.5 Å². The van der Waals surface area contributed by atoms with Crippen LogP contribution in [0.1, 0.15) is 44.6 Å². The van der Waals surface area contributed by atoms with Gasteiger partial charge in [0.1, 0.15) is 18.0 Å². The molecule has 0 aromatic carbocycles. The van der Waals surface area contributed by atoms with E-state index in [1.165, 1.54) is 15.8 Å². The van der Waals surface area contributed by atoms with Crippen LogP contribution in [0.15, 0.2) is 11.1 Å². The molecular formula is C20H28N2O4S. The Morgan fingerprint density at radius 2 is 2.15 bits per heavy atom. The molecule has 0 aliphatic heterocycles. The van der Waals surface area contributed by atoms with Gasteiger partial charge in [0.25, 0.3) is 5.56 Å². The first-order chi connectivity index (χ1) is 12.8. The highest BCUT2D eigenvalue weighted by atomic mass is 32.1. The molecule has 0 radical (unpaired) electrons. The van der Waals surface area contributed by atoms with Gasteiger partial charge in [0.15, 0.2) is 0 Å². The minimum Gasteiger partial charge on any atom is -0.462 e. The van der Waals surface area contributed by atoms with Crippen molar-refractivity contribution in [2.75, 3.05) is 19.8 Å². The van der Waals surface area contributed by atoms with Gasteiger partial charge in [0.05, 0.1) is 18.3 Å². The van der Waals surface area contributed by atoms with Crippen molar-refractivity contribution in [1.82, 2.24) is 9.55 Å². The van der Waals surface area contributed by atoms with Crippen molar-refractivity contribution in [3.8, 4) is 0 Å². The molecule has 2 aromatic rings. The van der Waals surface area contributed by atoms with Crippen LogP contribution in [0.2, 0.25) is 0 Å². The molecule has 3 rings (SSSR count). The number of fused-ring (bicyclic) bond motifs is 3. The van der Waals surface area contributed by atoms with Crippen LogP contribution in [0.5, 0.6) is 0 Å². The van der Waals surface area contributed by atoms with Gasteiger partial charge in [-0.15, -0.1) is 11.3 Å². The molecule has 1 aliphatic rings. The maximum Gasteiger partial charge on any atom is 0.326 e. The third-order valence-corrected chi connectivity index (χ3v) is 6.42. The fourth-order valence-corrected chi connectivity index (χ4v) is 4.85. The molecular weight excluding hydrogens is 364 g/mol. The second kappa shape index (κ2) is 8.10. The van der Waals surface area contributed by atoms with E-state index in [1.54, 1.807) is 11.3 Å². The first kappa shape index (κ1) is 20.0. The van der Waals surface area contributed by atoms with Crippen LogP contribution in [0.25, 0.3) is 10.2 Å². The highest BCUT2D eigenvalue weighted by molar-refractivity contribution is 7.18. The number of aryl methyl sites for hydroxylation is 1. The van der Waals surface area contributed by atoms with E-state index in [2.05, 4.69) is 25.8 Å². The van der Waals surface area contributed by atoms with Gasteiger partial charge < -0.3 is 9.47 Å². The van der Waals surface area contributed by atoms with Gasteiger partial charge in [-0.1, -0.05) is 20.8 Å². The van der Waals surface area contributed by atoms with Crippen LogP contribution in [0.4, 0.5) is 0 Å². The van der Waals surface area contributed by atoms with E-state index in [1.807, 2.05) is 6.92 Å².